The number of carbonyl (C=O) groups excluding carboxylic acids is 1. The van der Waals surface area contributed by atoms with E-state index < -0.39 is 0 Å². The third-order valence-corrected chi connectivity index (χ3v) is 5.32. The predicted octanol–water partition coefficient (Wildman–Crippen LogP) is 3.63. The van der Waals surface area contributed by atoms with E-state index in [0.29, 0.717) is 29.8 Å². The van der Waals surface area contributed by atoms with Crippen LogP contribution in [-0.4, -0.2) is 19.9 Å². The van der Waals surface area contributed by atoms with Crippen molar-refractivity contribution in [2.75, 3.05) is 0 Å². The van der Waals surface area contributed by atoms with Crippen molar-refractivity contribution < 1.29 is 4.79 Å². The van der Waals surface area contributed by atoms with Gasteiger partial charge in [-0.25, -0.2) is 4.98 Å². The van der Waals surface area contributed by atoms with Crippen LogP contribution in [0.4, 0.5) is 0 Å². The van der Waals surface area contributed by atoms with Crippen molar-refractivity contribution in [3.63, 3.8) is 0 Å². The lowest BCUT2D eigenvalue weighted by Crippen LogP contribution is -2.25. The minimum absolute atomic E-state index is 0.116. The zero-order valence-corrected chi connectivity index (χ0v) is 16.7. The van der Waals surface area contributed by atoms with E-state index in [1.165, 1.54) is 0 Å². The number of pyridine rings is 1. The SMILES string of the molecule is O=C(NCc1ccccc1)c1cccc(Cn2c(=O)c3cccn3c3cccnc32)c1. The highest BCUT2D eigenvalue weighted by Crippen LogP contribution is 2.15. The Labute approximate surface area is 178 Å². The average Bonchev–Trinajstić information content (AvgIpc) is 3.32. The first-order valence-corrected chi connectivity index (χ1v) is 10.1. The van der Waals surface area contributed by atoms with Gasteiger partial charge in [0.2, 0.25) is 0 Å². The molecule has 0 fully saturated rings. The van der Waals surface area contributed by atoms with E-state index in [9.17, 15) is 9.59 Å². The fraction of sp³-hybridized carbons (Fsp3) is 0.0800. The van der Waals surface area contributed by atoms with Gasteiger partial charge in [-0.05, 0) is 47.5 Å². The smallest absolute Gasteiger partial charge is 0.276 e. The summed E-state index contributed by atoms with van der Waals surface area (Å²) >= 11 is 0. The molecule has 1 amide bonds. The third-order valence-electron chi connectivity index (χ3n) is 5.32. The minimum Gasteiger partial charge on any atom is -0.348 e. The number of rotatable bonds is 5. The number of benzene rings is 2. The van der Waals surface area contributed by atoms with Crippen molar-refractivity contribution in [1.82, 2.24) is 19.3 Å². The van der Waals surface area contributed by atoms with Gasteiger partial charge >= 0.3 is 0 Å². The molecule has 0 unspecified atom stereocenters. The number of nitrogens with one attached hydrogen (secondary N) is 1. The normalized spacial score (nSPS) is 11.1. The van der Waals surface area contributed by atoms with Crippen LogP contribution >= 0.6 is 0 Å². The molecule has 1 N–H and O–H groups in total. The molecular weight excluding hydrogens is 388 g/mol. The highest BCUT2D eigenvalue weighted by molar-refractivity contribution is 5.94. The van der Waals surface area contributed by atoms with Crippen LogP contribution in [0, 0.1) is 0 Å². The maximum Gasteiger partial charge on any atom is 0.276 e. The summed E-state index contributed by atoms with van der Waals surface area (Å²) < 4.78 is 3.51. The van der Waals surface area contributed by atoms with Gasteiger partial charge < -0.3 is 9.72 Å². The zero-order valence-electron chi connectivity index (χ0n) is 16.7. The van der Waals surface area contributed by atoms with Crippen LogP contribution in [0.15, 0.2) is 96.1 Å². The summed E-state index contributed by atoms with van der Waals surface area (Å²) in [5.41, 5.74) is 4.40. The zero-order chi connectivity index (χ0) is 21.2. The first kappa shape index (κ1) is 18.8. The molecule has 3 aromatic heterocycles. The van der Waals surface area contributed by atoms with E-state index in [0.717, 1.165) is 16.6 Å². The van der Waals surface area contributed by atoms with Crippen molar-refractivity contribution in [2.45, 2.75) is 13.1 Å². The fourth-order valence-corrected chi connectivity index (χ4v) is 3.80. The number of carbonyl (C=O) groups is 1. The van der Waals surface area contributed by atoms with Gasteiger partial charge in [-0.3, -0.25) is 14.2 Å². The molecule has 0 radical (unpaired) electrons. The number of nitrogens with zero attached hydrogens (tertiary/aromatic N) is 3. The van der Waals surface area contributed by atoms with E-state index in [1.54, 1.807) is 22.9 Å². The molecular formula is C25H20N4O2. The Morgan fingerprint density at radius 1 is 0.871 bits per heavy atom. The molecule has 0 bridgehead atoms. The molecule has 31 heavy (non-hydrogen) atoms. The van der Waals surface area contributed by atoms with Crippen molar-refractivity contribution in [3.8, 4) is 0 Å². The summed E-state index contributed by atoms with van der Waals surface area (Å²) in [5, 5.41) is 2.94. The number of aromatic nitrogens is 3. The minimum atomic E-state index is -0.150. The second-order valence-electron chi connectivity index (χ2n) is 7.37. The Hall–Kier alpha value is -4.19. The number of hydrogen-bond acceptors (Lipinski definition) is 3. The summed E-state index contributed by atoms with van der Waals surface area (Å²) in [7, 11) is 0. The summed E-state index contributed by atoms with van der Waals surface area (Å²) in [6, 6.07) is 24.6. The molecule has 5 aromatic rings. The molecule has 2 aromatic carbocycles. The molecule has 3 heterocycles. The summed E-state index contributed by atoms with van der Waals surface area (Å²) in [4.78, 5) is 30.2. The Balaban J connectivity index is 1.46. The molecule has 0 saturated carbocycles. The van der Waals surface area contributed by atoms with Crippen molar-refractivity contribution in [2.24, 2.45) is 0 Å². The molecule has 0 saturated heterocycles. The number of fused-ring (bicyclic) bond motifs is 3. The van der Waals surface area contributed by atoms with Gasteiger partial charge in [0.25, 0.3) is 11.5 Å². The molecule has 0 atom stereocenters. The molecule has 0 spiro atoms. The van der Waals surface area contributed by atoms with Gasteiger partial charge in [0.1, 0.15) is 5.52 Å². The van der Waals surface area contributed by atoms with Gasteiger partial charge in [0, 0.05) is 24.5 Å². The number of hydrogen-bond donors (Lipinski definition) is 1. The Bertz CT molecular complexity index is 1450. The predicted molar refractivity (Wildman–Crippen MR) is 120 cm³/mol. The quantitative estimate of drug-likeness (QED) is 0.483. The van der Waals surface area contributed by atoms with Gasteiger partial charge in [-0.15, -0.1) is 0 Å². The van der Waals surface area contributed by atoms with E-state index in [4.69, 9.17) is 0 Å². The van der Waals surface area contributed by atoms with Crippen LogP contribution in [0.3, 0.4) is 0 Å². The van der Waals surface area contributed by atoms with E-state index in [2.05, 4.69) is 10.3 Å². The lowest BCUT2D eigenvalue weighted by atomic mass is 10.1. The van der Waals surface area contributed by atoms with E-state index in [-0.39, 0.29) is 11.5 Å². The largest absolute Gasteiger partial charge is 0.348 e. The van der Waals surface area contributed by atoms with Crippen LogP contribution in [-0.2, 0) is 13.1 Å². The second kappa shape index (κ2) is 7.91. The van der Waals surface area contributed by atoms with Crippen LogP contribution in [0.1, 0.15) is 21.5 Å². The van der Waals surface area contributed by atoms with Gasteiger partial charge in [0.15, 0.2) is 5.65 Å². The lowest BCUT2D eigenvalue weighted by Gasteiger charge is -2.12. The van der Waals surface area contributed by atoms with Crippen molar-refractivity contribution in [1.29, 1.82) is 0 Å². The van der Waals surface area contributed by atoms with E-state index >= 15 is 0 Å². The lowest BCUT2D eigenvalue weighted by molar-refractivity contribution is 0.0951. The monoisotopic (exact) mass is 408 g/mol. The van der Waals surface area contributed by atoms with E-state index in [1.807, 2.05) is 77.3 Å². The average molecular weight is 408 g/mol. The van der Waals surface area contributed by atoms with Crippen LogP contribution in [0.5, 0.6) is 0 Å². The van der Waals surface area contributed by atoms with Gasteiger partial charge in [-0.1, -0.05) is 42.5 Å². The number of amides is 1. The molecule has 0 aliphatic rings. The summed E-state index contributed by atoms with van der Waals surface area (Å²) in [6.45, 7) is 0.788. The topological polar surface area (TPSA) is 68.4 Å². The molecule has 6 nitrogen and oxygen atoms in total. The standard InChI is InChI=1S/C25H20N4O2/c30-24(27-16-18-7-2-1-3-8-18)20-10-4-9-19(15-20)17-29-23-21(11-5-13-26-23)28-14-6-12-22(28)25(29)31/h1-15H,16-17H2,(H,27,30). The van der Waals surface area contributed by atoms with Crippen LogP contribution < -0.4 is 10.9 Å². The Morgan fingerprint density at radius 3 is 2.55 bits per heavy atom. The first-order valence-electron chi connectivity index (χ1n) is 10.1. The third kappa shape index (κ3) is 3.59. The molecule has 0 aliphatic carbocycles. The second-order valence-corrected chi connectivity index (χ2v) is 7.37. The fourth-order valence-electron chi connectivity index (χ4n) is 3.80. The highest BCUT2D eigenvalue weighted by Gasteiger charge is 2.13. The first-order chi connectivity index (χ1) is 15.2. The van der Waals surface area contributed by atoms with Crippen LogP contribution in [0.25, 0.3) is 16.7 Å². The van der Waals surface area contributed by atoms with Crippen LogP contribution in [0.2, 0.25) is 0 Å². The van der Waals surface area contributed by atoms with Crippen molar-refractivity contribution >= 4 is 22.6 Å². The Morgan fingerprint density at radius 2 is 1.68 bits per heavy atom. The molecule has 6 heteroatoms. The van der Waals surface area contributed by atoms with Gasteiger partial charge in [-0.2, -0.15) is 0 Å². The maximum atomic E-state index is 13.1. The molecule has 0 aliphatic heterocycles. The molecule has 5 rings (SSSR count). The molecule has 152 valence electrons. The van der Waals surface area contributed by atoms with Gasteiger partial charge in [0.05, 0.1) is 12.1 Å². The maximum absolute atomic E-state index is 13.1. The summed E-state index contributed by atoms with van der Waals surface area (Å²) in [5.74, 6) is -0.150. The Kier molecular flexibility index (Phi) is 4.80. The van der Waals surface area contributed by atoms with Crippen molar-refractivity contribution in [3.05, 3.63) is 118 Å². The summed E-state index contributed by atoms with van der Waals surface area (Å²) in [6.07, 6.45) is 3.55. The highest BCUT2D eigenvalue weighted by atomic mass is 16.1.